The van der Waals surface area contributed by atoms with Crippen LogP contribution in [0, 0.1) is 0 Å². The van der Waals surface area contributed by atoms with Crippen LogP contribution in [0.1, 0.15) is 25.0 Å². The summed E-state index contributed by atoms with van der Waals surface area (Å²) in [6.45, 7) is 4.83. The van der Waals surface area contributed by atoms with E-state index in [2.05, 4.69) is 172 Å². The second-order valence-corrected chi connectivity index (χ2v) is 15.5. The summed E-state index contributed by atoms with van der Waals surface area (Å²) in [4.78, 5) is 0. The van der Waals surface area contributed by atoms with E-state index in [-0.39, 0.29) is 5.41 Å². The summed E-state index contributed by atoms with van der Waals surface area (Å²) >= 11 is 0. The average molecular weight is 687 g/mol. The molecule has 0 spiro atoms. The van der Waals surface area contributed by atoms with Crippen LogP contribution in [0.2, 0.25) is 0 Å². The Bertz CT molecular complexity index is 3120. The van der Waals surface area contributed by atoms with E-state index in [9.17, 15) is 0 Å². The van der Waals surface area contributed by atoms with E-state index in [0.717, 1.165) is 21.9 Å². The maximum atomic E-state index is 6.17. The molecule has 0 saturated carbocycles. The van der Waals surface area contributed by atoms with Crippen molar-refractivity contribution in [2.24, 2.45) is 0 Å². The van der Waals surface area contributed by atoms with Crippen molar-refractivity contribution in [3.05, 3.63) is 181 Å². The smallest absolute Gasteiger partial charge is 0.135 e. The van der Waals surface area contributed by atoms with Gasteiger partial charge in [0.05, 0.1) is 0 Å². The molecule has 0 atom stereocenters. The number of hydrogen-bond acceptors (Lipinski definition) is 1. The van der Waals surface area contributed by atoms with E-state index in [1.807, 2.05) is 12.1 Å². The summed E-state index contributed by atoms with van der Waals surface area (Å²) in [6, 6.07) is 62.8. The topological polar surface area (TPSA) is 13.1 Å². The lowest BCUT2D eigenvalue weighted by Gasteiger charge is -2.36. The van der Waals surface area contributed by atoms with E-state index in [1.165, 1.54) is 99.4 Å². The molecule has 1 heterocycles. The summed E-state index contributed by atoms with van der Waals surface area (Å²) < 4.78 is 6.17. The molecule has 10 aromatic rings. The van der Waals surface area contributed by atoms with E-state index in [1.54, 1.807) is 0 Å². The number of benzene rings is 9. The van der Waals surface area contributed by atoms with Crippen LogP contribution in [-0.4, -0.2) is 0 Å². The molecule has 0 saturated heterocycles. The zero-order chi connectivity index (χ0) is 35.7. The van der Waals surface area contributed by atoms with E-state index in [4.69, 9.17) is 4.42 Å². The van der Waals surface area contributed by atoms with Crippen LogP contribution in [0.15, 0.2) is 174 Å². The fraction of sp³-hybridized carbons (Fsp3) is 0.0566. The first-order valence-corrected chi connectivity index (χ1v) is 18.9. The second-order valence-electron chi connectivity index (χ2n) is 15.5. The molecule has 0 amide bonds. The maximum Gasteiger partial charge on any atom is 0.135 e. The number of fused-ring (bicyclic) bond motifs is 9. The van der Waals surface area contributed by atoms with Crippen molar-refractivity contribution in [1.82, 2.24) is 0 Å². The lowest BCUT2D eigenvalue weighted by atomic mass is 9.67. The van der Waals surface area contributed by atoms with E-state index in [0.29, 0.717) is 0 Å². The summed E-state index contributed by atoms with van der Waals surface area (Å²) in [5.74, 6) is 0. The number of hydrogen-bond donors (Lipinski definition) is 0. The average Bonchev–Trinajstić information content (AvgIpc) is 3.76. The van der Waals surface area contributed by atoms with Crippen molar-refractivity contribution in [3.63, 3.8) is 0 Å². The van der Waals surface area contributed by atoms with Crippen LogP contribution in [0.4, 0.5) is 0 Å². The van der Waals surface area contributed by atoms with Gasteiger partial charge in [0.15, 0.2) is 0 Å². The van der Waals surface area contributed by atoms with Crippen LogP contribution in [0.25, 0.3) is 110 Å². The lowest BCUT2D eigenvalue weighted by molar-refractivity contribution is 0.645. The Labute approximate surface area is 313 Å². The Morgan fingerprint density at radius 3 is 1.54 bits per heavy atom. The molecule has 12 rings (SSSR count). The van der Waals surface area contributed by atoms with Gasteiger partial charge in [0, 0.05) is 16.2 Å². The number of para-hydroxylation sites is 1. The Morgan fingerprint density at radius 1 is 0.333 bits per heavy atom. The van der Waals surface area contributed by atoms with Crippen molar-refractivity contribution >= 4 is 43.5 Å². The van der Waals surface area contributed by atoms with Crippen molar-refractivity contribution in [1.29, 1.82) is 0 Å². The van der Waals surface area contributed by atoms with Crippen LogP contribution < -0.4 is 0 Å². The summed E-state index contributed by atoms with van der Waals surface area (Å²) in [6.07, 6.45) is 0. The summed E-state index contributed by atoms with van der Waals surface area (Å²) in [5.41, 5.74) is 20.0. The molecule has 2 aliphatic rings. The minimum absolute atomic E-state index is 0.216. The highest BCUT2D eigenvalue weighted by atomic mass is 16.3. The van der Waals surface area contributed by atoms with Crippen LogP contribution in [0.3, 0.4) is 0 Å². The van der Waals surface area contributed by atoms with Crippen molar-refractivity contribution < 1.29 is 4.42 Å². The molecule has 54 heavy (non-hydrogen) atoms. The van der Waals surface area contributed by atoms with Gasteiger partial charge in [0.1, 0.15) is 11.2 Å². The van der Waals surface area contributed by atoms with Gasteiger partial charge in [0.2, 0.25) is 0 Å². The van der Waals surface area contributed by atoms with Gasteiger partial charge in [0.25, 0.3) is 0 Å². The van der Waals surface area contributed by atoms with Gasteiger partial charge in [-0.2, -0.15) is 0 Å². The number of furan rings is 1. The number of rotatable bonds is 3. The molecule has 1 aromatic heterocycles. The fourth-order valence-corrected chi connectivity index (χ4v) is 9.97. The van der Waals surface area contributed by atoms with Gasteiger partial charge in [-0.15, -0.1) is 0 Å². The standard InChI is InChI=1S/C53H34O/c1-53(2)43-27-26-41-49-40(51-47(31-13-5-3-6-14-31)37-18-9-10-19-38(37)48(52(41)51)32-15-7-4-8-16-32)25-24-39(50(43)49)35-23-21-34(30-44(35)53)33-22-28-46-42(29-33)36-17-11-12-20-45(36)54-46/h3-30H,1-2H3. The molecule has 0 N–H and O–H groups in total. The van der Waals surface area contributed by atoms with Crippen molar-refractivity contribution in [3.8, 4) is 66.8 Å². The third kappa shape index (κ3) is 3.88. The van der Waals surface area contributed by atoms with Crippen LogP contribution >= 0.6 is 0 Å². The minimum Gasteiger partial charge on any atom is -0.456 e. The van der Waals surface area contributed by atoms with Gasteiger partial charge >= 0.3 is 0 Å². The molecular weight excluding hydrogens is 653 g/mol. The molecule has 252 valence electrons. The molecular formula is C53H34O. The van der Waals surface area contributed by atoms with Crippen LogP contribution in [-0.2, 0) is 5.41 Å². The first kappa shape index (κ1) is 29.8. The van der Waals surface area contributed by atoms with Crippen LogP contribution in [0.5, 0.6) is 0 Å². The highest BCUT2D eigenvalue weighted by molar-refractivity contribution is 6.29. The normalized spacial score (nSPS) is 13.5. The third-order valence-electron chi connectivity index (χ3n) is 12.4. The molecule has 0 unspecified atom stereocenters. The van der Waals surface area contributed by atoms with Gasteiger partial charge in [-0.3, -0.25) is 0 Å². The molecule has 0 aliphatic heterocycles. The van der Waals surface area contributed by atoms with Crippen molar-refractivity contribution in [2.75, 3.05) is 0 Å². The minimum atomic E-state index is -0.216. The SMILES string of the molecule is CC1(C)c2cc(-c3ccc4oc5ccccc5c4c3)ccc2-c2ccc3c4c(ccc1c24)-c1c-3c(-c2ccccc2)c2ccccc2c1-c1ccccc1. The van der Waals surface area contributed by atoms with Gasteiger partial charge < -0.3 is 4.42 Å². The highest BCUT2D eigenvalue weighted by Gasteiger charge is 2.38. The molecule has 9 aromatic carbocycles. The molecule has 0 fully saturated rings. The maximum absolute atomic E-state index is 6.17. The Kier molecular flexibility index (Phi) is 5.90. The largest absolute Gasteiger partial charge is 0.456 e. The monoisotopic (exact) mass is 686 g/mol. The molecule has 0 bridgehead atoms. The van der Waals surface area contributed by atoms with E-state index < -0.39 is 0 Å². The predicted molar refractivity (Wildman–Crippen MR) is 227 cm³/mol. The van der Waals surface area contributed by atoms with Gasteiger partial charge in [-0.25, -0.2) is 0 Å². The Morgan fingerprint density at radius 2 is 0.852 bits per heavy atom. The van der Waals surface area contributed by atoms with E-state index >= 15 is 0 Å². The highest BCUT2D eigenvalue weighted by Crippen LogP contribution is 2.61. The molecule has 0 radical (unpaired) electrons. The third-order valence-corrected chi connectivity index (χ3v) is 12.4. The predicted octanol–water partition coefficient (Wildman–Crippen LogP) is 14.8. The fourth-order valence-electron chi connectivity index (χ4n) is 9.97. The van der Waals surface area contributed by atoms with Gasteiger partial charge in [-0.1, -0.05) is 159 Å². The first-order valence-electron chi connectivity index (χ1n) is 18.9. The lowest BCUT2D eigenvalue weighted by Crippen LogP contribution is -2.23. The summed E-state index contributed by atoms with van der Waals surface area (Å²) in [5, 5.41) is 7.66. The zero-order valence-electron chi connectivity index (χ0n) is 30.1. The zero-order valence-corrected chi connectivity index (χ0v) is 30.1. The van der Waals surface area contributed by atoms with Crippen molar-refractivity contribution in [2.45, 2.75) is 19.3 Å². The van der Waals surface area contributed by atoms with Gasteiger partial charge in [-0.05, 0) is 124 Å². The first-order chi connectivity index (χ1) is 26.6. The molecule has 1 heteroatoms. The molecule has 2 aliphatic carbocycles. The quantitative estimate of drug-likeness (QED) is 0.180. The Hall–Kier alpha value is -6.70. The summed E-state index contributed by atoms with van der Waals surface area (Å²) in [7, 11) is 0. The molecule has 1 nitrogen and oxygen atoms in total. The Balaban J connectivity index is 1.13. The second kappa shape index (κ2) is 10.7.